The molecule has 1 aromatic heterocycles. The van der Waals surface area contributed by atoms with Gasteiger partial charge in [0.05, 0.1) is 53.7 Å². The van der Waals surface area contributed by atoms with E-state index < -0.39 is 96.0 Å². The summed E-state index contributed by atoms with van der Waals surface area (Å²) in [6.45, 7) is 19.1. The van der Waals surface area contributed by atoms with Crippen molar-refractivity contribution in [3.63, 3.8) is 0 Å². The number of carbonyl (C=O) groups excluding carboxylic acids is 1. The van der Waals surface area contributed by atoms with E-state index in [0.29, 0.717) is 19.4 Å². The SMILES string of the molecule is CC[C@@H]1OC(=O)[C@@H](C)[C@@H](O[C@@H]2C[C@](C)(OC)[C@H](O)[C@@H](C)O2)[C@H](C)[C@@H](O[C@@H]2O[C@H](C)C[C@H](N(C)C)[C@H]2O)[C@@](C)(OC/C=C/c2cnc3ccccc3c2)C[C@@H](C)CN(C)[C@@H](C)[C@@H](O)[C@]1(C)O. The molecule has 0 bridgehead atoms. The molecule has 0 aliphatic carbocycles. The van der Waals surface area contributed by atoms with E-state index in [0.717, 1.165) is 16.5 Å². The van der Waals surface area contributed by atoms with Crippen molar-refractivity contribution < 1.29 is 58.4 Å². The number of aliphatic hydroxyl groups excluding tert-OH is 3. The number of rotatable bonds is 11. The molecule has 368 valence electrons. The molecule has 15 heteroatoms. The number of benzene rings is 1. The van der Waals surface area contributed by atoms with Crippen molar-refractivity contribution in [1.82, 2.24) is 14.8 Å². The maximum Gasteiger partial charge on any atom is 0.311 e. The number of ether oxygens (including phenoxy) is 7. The third-order valence-electron chi connectivity index (χ3n) is 14.6. The van der Waals surface area contributed by atoms with Gasteiger partial charge in [0, 0.05) is 49.7 Å². The number of nitrogens with zero attached hydrogens (tertiary/aromatic N) is 3. The van der Waals surface area contributed by atoms with Gasteiger partial charge < -0.3 is 63.4 Å². The number of aromatic nitrogens is 1. The lowest BCUT2D eigenvalue weighted by Crippen LogP contribution is -2.61. The van der Waals surface area contributed by atoms with E-state index in [2.05, 4.69) is 18.0 Å². The van der Waals surface area contributed by atoms with E-state index >= 15 is 0 Å². The molecule has 0 radical (unpaired) electrons. The number of cyclic esters (lactones) is 1. The van der Waals surface area contributed by atoms with Gasteiger partial charge in [-0.25, -0.2) is 0 Å². The Bertz CT molecular complexity index is 1870. The molecule has 3 fully saturated rings. The molecule has 3 aliphatic heterocycles. The smallest absolute Gasteiger partial charge is 0.311 e. The van der Waals surface area contributed by atoms with Crippen LogP contribution < -0.4 is 0 Å². The monoisotopic (exact) mass is 916 g/mol. The summed E-state index contributed by atoms with van der Waals surface area (Å²) in [5.41, 5.74) is -2.19. The van der Waals surface area contributed by atoms with E-state index in [1.807, 2.05) is 101 Å². The molecule has 15 nitrogen and oxygen atoms in total. The number of hydrogen-bond acceptors (Lipinski definition) is 15. The fourth-order valence-electron chi connectivity index (χ4n) is 10.5. The molecular formula is C50H81N3O12. The number of esters is 1. The standard InChI is InChI=1S/C50H81N3O12/c1-15-39-50(10,58)43(55)33(6)53(13)28-29(2)25-49(9,60-22-18-19-35-24-36-20-16-17-21-37(36)51-27-35)45(65-47-41(54)38(52(11)12)23-30(3)61-47)31(4)42(32(5)46(57)63-39)64-40-26-48(8,59-14)44(56)34(7)62-40/h16-21,24,27,29-34,38-45,47,54-56,58H,15,22-23,25-26,28H2,1-14H3/b19-18+/t29-,30-,31+,32+,33+,34-,38+,39+,40-,41-,42+,43-,44-,45-,47+,48+,49+,50-/m1/s1. The summed E-state index contributed by atoms with van der Waals surface area (Å²) < 4.78 is 46.0. The highest BCUT2D eigenvalue weighted by Crippen LogP contribution is 2.41. The largest absolute Gasteiger partial charge is 0.459 e. The predicted molar refractivity (Wildman–Crippen MR) is 249 cm³/mol. The van der Waals surface area contributed by atoms with Gasteiger partial charge in [-0.2, -0.15) is 0 Å². The highest BCUT2D eigenvalue weighted by atomic mass is 16.7. The van der Waals surface area contributed by atoms with Gasteiger partial charge in [0.15, 0.2) is 12.6 Å². The van der Waals surface area contributed by atoms with Crippen molar-refractivity contribution in [2.75, 3.05) is 41.4 Å². The van der Waals surface area contributed by atoms with E-state index in [1.54, 1.807) is 27.7 Å². The molecule has 0 spiro atoms. The topological polar surface area (TPSA) is 182 Å². The molecule has 4 heterocycles. The van der Waals surface area contributed by atoms with Crippen LogP contribution in [0.1, 0.15) is 100 Å². The Balaban J connectivity index is 1.65. The first-order valence-corrected chi connectivity index (χ1v) is 23.6. The highest BCUT2D eigenvalue weighted by Gasteiger charge is 2.53. The second-order valence-corrected chi connectivity index (χ2v) is 20.3. The Labute approximate surface area is 387 Å². The van der Waals surface area contributed by atoms with Crippen LogP contribution in [0.4, 0.5) is 0 Å². The zero-order valence-electron chi connectivity index (χ0n) is 41.4. The molecular weight excluding hydrogens is 835 g/mol. The Morgan fingerprint density at radius 1 is 0.969 bits per heavy atom. The molecule has 3 aliphatic rings. The fourth-order valence-corrected chi connectivity index (χ4v) is 10.5. The van der Waals surface area contributed by atoms with Crippen molar-refractivity contribution >= 4 is 22.9 Å². The van der Waals surface area contributed by atoms with Gasteiger partial charge in [-0.1, -0.05) is 51.1 Å². The van der Waals surface area contributed by atoms with E-state index in [1.165, 1.54) is 14.0 Å². The highest BCUT2D eigenvalue weighted by molar-refractivity contribution is 5.80. The van der Waals surface area contributed by atoms with Crippen molar-refractivity contribution in [3.05, 3.63) is 48.2 Å². The first-order chi connectivity index (χ1) is 30.5. The lowest BCUT2D eigenvalue weighted by molar-refractivity contribution is -0.320. The molecule has 18 atom stereocenters. The normalized spacial score (nSPS) is 42.2. The van der Waals surface area contributed by atoms with Crippen LogP contribution in [-0.4, -0.2) is 173 Å². The molecule has 5 rings (SSSR count). The van der Waals surface area contributed by atoms with Crippen LogP contribution in [0, 0.1) is 17.8 Å². The zero-order valence-corrected chi connectivity index (χ0v) is 41.4. The minimum atomic E-state index is -1.81. The minimum Gasteiger partial charge on any atom is -0.459 e. The maximum atomic E-state index is 14.6. The average Bonchev–Trinajstić information content (AvgIpc) is 3.26. The predicted octanol–water partition coefficient (Wildman–Crippen LogP) is 5.19. The second kappa shape index (κ2) is 22.2. The Kier molecular flexibility index (Phi) is 18.2. The van der Waals surface area contributed by atoms with Gasteiger partial charge in [0.2, 0.25) is 0 Å². The van der Waals surface area contributed by atoms with Crippen LogP contribution in [-0.2, 0) is 38.0 Å². The van der Waals surface area contributed by atoms with E-state index in [-0.39, 0.29) is 37.5 Å². The van der Waals surface area contributed by atoms with Crippen LogP contribution in [0.2, 0.25) is 0 Å². The second-order valence-electron chi connectivity index (χ2n) is 20.3. The molecule has 3 saturated heterocycles. The van der Waals surface area contributed by atoms with Crippen LogP contribution >= 0.6 is 0 Å². The first-order valence-electron chi connectivity index (χ1n) is 23.6. The summed E-state index contributed by atoms with van der Waals surface area (Å²) in [6, 6.07) is 9.19. The third-order valence-corrected chi connectivity index (χ3v) is 14.6. The van der Waals surface area contributed by atoms with Crippen molar-refractivity contribution in [2.24, 2.45) is 17.8 Å². The molecule has 0 saturated carbocycles. The molecule has 0 unspecified atom stereocenters. The van der Waals surface area contributed by atoms with Gasteiger partial charge in [-0.15, -0.1) is 0 Å². The maximum absolute atomic E-state index is 14.6. The summed E-state index contributed by atoms with van der Waals surface area (Å²) in [5, 5.41) is 47.9. The number of carbonyl (C=O) groups is 1. The fraction of sp³-hybridized carbons (Fsp3) is 0.760. The molecule has 1 aromatic carbocycles. The number of likely N-dealkylation sites (N-methyl/N-ethyl adjacent to an activating group) is 2. The number of methoxy groups -OCH3 is 1. The molecule has 65 heavy (non-hydrogen) atoms. The molecule has 2 aromatic rings. The van der Waals surface area contributed by atoms with Crippen molar-refractivity contribution in [3.8, 4) is 0 Å². The molecule has 0 amide bonds. The van der Waals surface area contributed by atoms with Gasteiger partial charge in [-0.05, 0) is 112 Å². The van der Waals surface area contributed by atoms with E-state index in [4.69, 9.17) is 33.2 Å². The zero-order chi connectivity index (χ0) is 48.2. The van der Waals surface area contributed by atoms with E-state index in [9.17, 15) is 25.2 Å². The van der Waals surface area contributed by atoms with Gasteiger partial charge >= 0.3 is 5.97 Å². The van der Waals surface area contributed by atoms with Crippen LogP contribution in [0.3, 0.4) is 0 Å². The first kappa shape index (κ1) is 53.3. The minimum absolute atomic E-state index is 0.0876. The van der Waals surface area contributed by atoms with Crippen LogP contribution in [0.15, 0.2) is 42.6 Å². The van der Waals surface area contributed by atoms with Gasteiger partial charge in [0.25, 0.3) is 0 Å². The number of pyridine rings is 1. The van der Waals surface area contributed by atoms with Gasteiger partial charge in [0.1, 0.15) is 30.0 Å². The Morgan fingerprint density at radius 2 is 1.66 bits per heavy atom. The quantitative estimate of drug-likeness (QED) is 0.216. The summed E-state index contributed by atoms with van der Waals surface area (Å²) in [7, 11) is 7.27. The molecule has 4 N–H and O–H groups in total. The Morgan fingerprint density at radius 3 is 2.32 bits per heavy atom. The summed E-state index contributed by atoms with van der Waals surface area (Å²) in [4.78, 5) is 23.2. The lowest BCUT2D eigenvalue weighted by atomic mass is 9.77. The number of aliphatic hydroxyl groups is 4. The summed E-state index contributed by atoms with van der Waals surface area (Å²) in [6.07, 6.45) is -2.12. The summed E-state index contributed by atoms with van der Waals surface area (Å²) >= 11 is 0. The van der Waals surface area contributed by atoms with Crippen LogP contribution in [0.5, 0.6) is 0 Å². The number of para-hydroxylation sites is 1. The average molecular weight is 916 g/mol. The van der Waals surface area contributed by atoms with Crippen molar-refractivity contribution in [1.29, 1.82) is 0 Å². The lowest BCUT2D eigenvalue weighted by Gasteiger charge is -2.50. The number of fused-ring (bicyclic) bond motifs is 1. The number of hydrogen-bond donors (Lipinski definition) is 4. The van der Waals surface area contributed by atoms with Gasteiger partial charge in [-0.3, -0.25) is 9.78 Å². The third kappa shape index (κ3) is 12.3. The summed E-state index contributed by atoms with van der Waals surface area (Å²) in [5.74, 6) is -2.44. The van der Waals surface area contributed by atoms with Crippen molar-refractivity contribution in [2.45, 2.75) is 185 Å². The Hall–Kier alpha value is -2.64. The van der Waals surface area contributed by atoms with Crippen LogP contribution in [0.25, 0.3) is 17.0 Å².